The van der Waals surface area contributed by atoms with Gasteiger partial charge < -0.3 is 9.84 Å². The zero-order chi connectivity index (χ0) is 18.6. The maximum atomic E-state index is 12.1. The van der Waals surface area contributed by atoms with E-state index >= 15 is 0 Å². The molecule has 3 heterocycles. The molecule has 0 bridgehead atoms. The van der Waals surface area contributed by atoms with Crippen molar-refractivity contribution in [3.8, 4) is 11.5 Å². The van der Waals surface area contributed by atoms with E-state index in [2.05, 4.69) is 25.7 Å². The van der Waals surface area contributed by atoms with Gasteiger partial charge in [-0.25, -0.2) is 0 Å². The molecule has 8 nitrogen and oxygen atoms in total. The van der Waals surface area contributed by atoms with Crippen LogP contribution in [0, 0.1) is 6.92 Å². The van der Waals surface area contributed by atoms with Gasteiger partial charge in [0, 0.05) is 12.3 Å². The lowest BCUT2D eigenvalue weighted by molar-refractivity contribution is -0.116. The van der Waals surface area contributed by atoms with Gasteiger partial charge in [-0.05, 0) is 30.7 Å². The first kappa shape index (κ1) is 16.6. The van der Waals surface area contributed by atoms with Gasteiger partial charge in [0.25, 0.3) is 5.89 Å². The van der Waals surface area contributed by atoms with Gasteiger partial charge in [0.15, 0.2) is 17.3 Å². The second kappa shape index (κ2) is 7.20. The van der Waals surface area contributed by atoms with Gasteiger partial charge in [-0.1, -0.05) is 35.5 Å². The van der Waals surface area contributed by atoms with Crippen LogP contribution >= 0.6 is 0 Å². The smallest absolute Gasteiger partial charge is 0.261 e. The Bertz CT molecular complexity index is 1110. The SMILES string of the molecule is Cc1noc(-c2cccn3c(CNC(=O)C=Cc4ccccc4)nnc23)n1. The van der Waals surface area contributed by atoms with Crippen molar-refractivity contribution in [2.45, 2.75) is 13.5 Å². The molecular weight excluding hydrogens is 344 g/mol. The number of hydrogen-bond acceptors (Lipinski definition) is 6. The molecule has 27 heavy (non-hydrogen) atoms. The lowest BCUT2D eigenvalue weighted by atomic mass is 10.2. The number of carbonyl (C=O) groups is 1. The van der Waals surface area contributed by atoms with E-state index in [0.29, 0.717) is 28.8 Å². The van der Waals surface area contributed by atoms with E-state index in [9.17, 15) is 4.79 Å². The molecule has 0 unspecified atom stereocenters. The number of rotatable bonds is 5. The van der Waals surface area contributed by atoms with Crippen LogP contribution in [0.2, 0.25) is 0 Å². The summed E-state index contributed by atoms with van der Waals surface area (Å²) in [5.74, 6) is 1.32. The van der Waals surface area contributed by atoms with Gasteiger partial charge in [-0.3, -0.25) is 9.20 Å². The molecule has 0 atom stereocenters. The van der Waals surface area contributed by atoms with Crippen LogP contribution in [0.5, 0.6) is 0 Å². The first-order valence-corrected chi connectivity index (χ1v) is 8.35. The summed E-state index contributed by atoms with van der Waals surface area (Å²) >= 11 is 0. The molecule has 0 spiro atoms. The highest BCUT2D eigenvalue weighted by Crippen LogP contribution is 2.21. The molecule has 0 aliphatic heterocycles. The highest BCUT2D eigenvalue weighted by molar-refractivity contribution is 5.91. The van der Waals surface area contributed by atoms with Gasteiger partial charge in [-0.15, -0.1) is 10.2 Å². The lowest BCUT2D eigenvalue weighted by Gasteiger charge is -2.02. The van der Waals surface area contributed by atoms with E-state index in [1.54, 1.807) is 17.4 Å². The maximum absolute atomic E-state index is 12.1. The second-order valence-corrected chi connectivity index (χ2v) is 5.84. The van der Waals surface area contributed by atoms with Crippen LogP contribution in [0.15, 0.2) is 59.3 Å². The van der Waals surface area contributed by atoms with Crippen LogP contribution in [0.1, 0.15) is 17.2 Å². The summed E-state index contributed by atoms with van der Waals surface area (Å²) in [5.41, 5.74) is 2.23. The molecule has 0 fully saturated rings. The Morgan fingerprint density at radius 1 is 1.19 bits per heavy atom. The van der Waals surface area contributed by atoms with Gasteiger partial charge in [-0.2, -0.15) is 4.98 Å². The molecule has 3 aromatic heterocycles. The Morgan fingerprint density at radius 2 is 2.04 bits per heavy atom. The minimum atomic E-state index is -0.209. The number of carbonyl (C=O) groups excluding carboxylic acids is 1. The topological polar surface area (TPSA) is 98.2 Å². The summed E-state index contributed by atoms with van der Waals surface area (Å²) in [6.45, 7) is 1.99. The first-order valence-electron chi connectivity index (χ1n) is 8.35. The van der Waals surface area contributed by atoms with Crippen molar-refractivity contribution in [2.24, 2.45) is 0 Å². The fourth-order valence-corrected chi connectivity index (χ4v) is 2.62. The average Bonchev–Trinajstić information content (AvgIpc) is 3.31. The van der Waals surface area contributed by atoms with Crippen molar-refractivity contribution >= 4 is 17.6 Å². The summed E-state index contributed by atoms with van der Waals surface area (Å²) in [5, 5.41) is 15.0. The fourth-order valence-electron chi connectivity index (χ4n) is 2.62. The van der Waals surface area contributed by atoms with E-state index in [1.165, 1.54) is 6.08 Å². The van der Waals surface area contributed by atoms with Crippen molar-refractivity contribution in [1.29, 1.82) is 0 Å². The van der Waals surface area contributed by atoms with Crippen molar-refractivity contribution in [3.05, 3.63) is 71.9 Å². The molecule has 0 saturated carbocycles. The number of amides is 1. The normalized spacial score (nSPS) is 11.3. The average molecular weight is 360 g/mol. The quantitative estimate of drug-likeness (QED) is 0.549. The Balaban J connectivity index is 1.50. The van der Waals surface area contributed by atoms with Crippen molar-refractivity contribution in [1.82, 2.24) is 30.1 Å². The van der Waals surface area contributed by atoms with E-state index in [0.717, 1.165) is 5.56 Å². The predicted molar refractivity (Wildman–Crippen MR) is 98.3 cm³/mol. The molecule has 4 rings (SSSR count). The van der Waals surface area contributed by atoms with Crippen LogP contribution < -0.4 is 5.32 Å². The van der Waals surface area contributed by atoms with Gasteiger partial charge in [0.2, 0.25) is 5.91 Å². The number of aromatic nitrogens is 5. The Kier molecular flexibility index (Phi) is 4.44. The summed E-state index contributed by atoms with van der Waals surface area (Å²) in [6, 6.07) is 13.3. The van der Waals surface area contributed by atoms with Gasteiger partial charge >= 0.3 is 0 Å². The summed E-state index contributed by atoms with van der Waals surface area (Å²) in [6.07, 6.45) is 5.07. The van der Waals surface area contributed by atoms with Crippen molar-refractivity contribution in [3.63, 3.8) is 0 Å². The summed E-state index contributed by atoms with van der Waals surface area (Å²) in [7, 11) is 0. The van der Waals surface area contributed by atoms with Gasteiger partial charge in [0.05, 0.1) is 12.1 Å². The number of nitrogens with one attached hydrogen (secondary N) is 1. The lowest BCUT2D eigenvalue weighted by Crippen LogP contribution is -2.21. The standard InChI is InChI=1S/C19H16N6O2/c1-13-21-19(27-24-13)15-8-5-11-25-16(22-23-18(15)25)12-20-17(26)10-9-14-6-3-2-4-7-14/h2-11H,12H2,1H3,(H,20,26). The molecule has 0 radical (unpaired) electrons. The summed E-state index contributed by atoms with van der Waals surface area (Å²) in [4.78, 5) is 16.3. The Morgan fingerprint density at radius 3 is 2.81 bits per heavy atom. The molecule has 0 aliphatic rings. The van der Waals surface area contributed by atoms with E-state index in [-0.39, 0.29) is 12.5 Å². The highest BCUT2D eigenvalue weighted by Gasteiger charge is 2.15. The van der Waals surface area contributed by atoms with Crippen LogP contribution in [0.3, 0.4) is 0 Å². The Labute approximate surface area is 154 Å². The molecule has 1 aromatic carbocycles. The van der Waals surface area contributed by atoms with E-state index in [4.69, 9.17) is 4.52 Å². The third-order valence-corrected chi connectivity index (χ3v) is 3.91. The maximum Gasteiger partial charge on any atom is 0.261 e. The molecule has 4 aromatic rings. The predicted octanol–water partition coefficient (Wildman–Crippen LogP) is 2.42. The zero-order valence-electron chi connectivity index (χ0n) is 14.5. The minimum Gasteiger partial charge on any atom is -0.345 e. The zero-order valence-corrected chi connectivity index (χ0v) is 14.5. The number of pyridine rings is 1. The fraction of sp³-hybridized carbons (Fsp3) is 0.105. The second-order valence-electron chi connectivity index (χ2n) is 5.84. The molecule has 134 valence electrons. The molecule has 1 N–H and O–H groups in total. The van der Waals surface area contributed by atoms with Crippen LogP contribution in [-0.2, 0) is 11.3 Å². The minimum absolute atomic E-state index is 0.209. The number of aryl methyl sites for hydroxylation is 1. The molecule has 0 saturated heterocycles. The number of nitrogens with zero attached hydrogens (tertiary/aromatic N) is 5. The highest BCUT2D eigenvalue weighted by atomic mass is 16.5. The largest absolute Gasteiger partial charge is 0.345 e. The molecule has 1 amide bonds. The number of benzene rings is 1. The third-order valence-electron chi connectivity index (χ3n) is 3.91. The van der Waals surface area contributed by atoms with Crippen LogP contribution in [0.4, 0.5) is 0 Å². The van der Waals surface area contributed by atoms with Crippen LogP contribution in [0.25, 0.3) is 23.2 Å². The summed E-state index contributed by atoms with van der Waals surface area (Å²) < 4.78 is 7.01. The molecular formula is C19H16N6O2. The molecule has 0 aliphatic carbocycles. The monoisotopic (exact) mass is 360 g/mol. The first-order chi connectivity index (χ1) is 13.2. The van der Waals surface area contributed by atoms with Gasteiger partial charge in [0.1, 0.15) is 0 Å². The van der Waals surface area contributed by atoms with Crippen molar-refractivity contribution in [2.75, 3.05) is 0 Å². The van der Waals surface area contributed by atoms with E-state index in [1.807, 2.05) is 48.7 Å². The van der Waals surface area contributed by atoms with Crippen LogP contribution in [-0.4, -0.2) is 30.6 Å². The van der Waals surface area contributed by atoms with Crippen molar-refractivity contribution < 1.29 is 9.32 Å². The Hall–Kier alpha value is -3.81. The number of fused-ring (bicyclic) bond motifs is 1. The third kappa shape index (κ3) is 3.59. The number of hydrogen-bond donors (Lipinski definition) is 1. The van der Waals surface area contributed by atoms with E-state index < -0.39 is 0 Å². The molecule has 8 heteroatoms.